The van der Waals surface area contributed by atoms with Gasteiger partial charge < -0.3 is 9.64 Å². The Bertz CT molecular complexity index is 1880. The molecule has 0 N–H and O–H groups in total. The van der Waals surface area contributed by atoms with Crippen LogP contribution in [0.5, 0.6) is 5.75 Å². The number of hydrogen-bond acceptors (Lipinski definition) is 8. The summed E-state index contributed by atoms with van der Waals surface area (Å²) in [4.78, 5) is 18.3. The largest absolute Gasteiger partial charge is 0.482 e. The lowest BCUT2D eigenvalue weighted by molar-refractivity contribution is -0.132. The molecule has 214 valence electrons. The lowest BCUT2D eigenvalue weighted by Crippen LogP contribution is -2.37. The smallest absolute Gasteiger partial charge is 0.244 e. The number of rotatable bonds is 9. The fourth-order valence-electron chi connectivity index (χ4n) is 4.41. The third-order valence-electron chi connectivity index (χ3n) is 6.41. The average Bonchev–Trinajstić information content (AvgIpc) is 3.72. The van der Waals surface area contributed by atoms with Crippen molar-refractivity contribution >= 4 is 17.7 Å². The van der Waals surface area contributed by atoms with Crippen LogP contribution in [0.15, 0.2) is 48.0 Å². The highest BCUT2D eigenvalue weighted by Gasteiger charge is 2.23. The molecule has 1 aliphatic carbocycles. The molecule has 0 spiro atoms. The molecule has 2 aliphatic rings. The fourth-order valence-corrected chi connectivity index (χ4v) is 5.18. The van der Waals surface area contributed by atoms with Crippen molar-refractivity contribution in [1.82, 2.24) is 39.6 Å². The van der Waals surface area contributed by atoms with Crippen molar-refractivity contribution < 1.29 is 30.6 Å². The number of likely N-dealkylation sites (tertiary alicyclic amines) is 1. The van der Waals surface area contributed by atoms with Gasteiger partial charge >= 0.3 is 0 Å². The molecule has 6 rings (SSSR count). The summed E-state index contributed by atoms with van der Waals surface area (Å²) in [5.74, 6) is -2.68. The van der Waals surface area contributed by atoms with Gasteiger partial charge in [0.05, 0.1) is 18.1 Å². The highest BCUT2D eigenvalue weighted by Crippen LogP contribution is 2.35. The van der Waals surface area contributed by atoms with Gasteiger partial charge in [-0.1, -0.05) is 29.7 Å². The maximum Gasteiger partial charge on any atom is 0.244 e. The van der Waals surface area contributed by atoms with Gasteiger partial charge in [-0.3, -0.25) is 14.3 Å². The van der Waals surface area contributed by atoms with Crippen LogP contribution in [-0.2, 0) is 17.9 Å². The minimum atomic E-state index is -3.42. The van der Waals surface area contributed by atoms with Gasteiger partial charge in [0.2, 0.25) is 5.91 Å². The third kappa shape index (κ3) is 6.24. The molecule has 13 heteroatoms. The van der Waals surface area contributed by atoms with E-state index in [-0.39, 0.29) is 52.1 Å². The Morgan fingerprint density at radius 1 is 1.12 bits per heavy atom. The van der Waals surface area contributed by atoms with Crippen LogP contribution in [0, 0.1) is 11.6 Å². The van der Waals surface area contributed by atoms with Gasteiger partial charge in [-0.25, -0.2) is 13.5 Å². The first-order valence-corrected chi connectivity index (χ1v) is 13.6. The SMILES string of the molecule is [2H]C1([2H])C([2H])([2H])C([2H])([2H])C([2H])(Sc2nnc(COc3cc(F)c(-c4cn(CC(=O)N5CCCCC5)nn4)cc3F)n2-c2cccnc2)C1([2H])[2H]. The van der Waals surface area contributed by atoms with E-state index in [4.69, 9.17) is 17.1 Å². The van der Waals surface area contributed by atoms with Crippen LogP contribution in [0.4, 0.5) is 8.78 Å². The van der Waals surface area contributed by atoms with Crippen molar-refractivity contribution in [2.45, 2.75) is 68.3 Å². The number of aromatic nitrogens is 7. The van der Waals surface area contributed by atoms with Crippen molar-refractivity contribution in [1.29, 1.82) is 0 Å². The highest BCUT2D eigenvalue weighted by molar-refractivity contribution is 7.99. The van der Waals surface area contributed by atoms with Gasteiger partial charge in [0, 0.05) is 48.5 Å². The first-order valence-electron chi connectivity index (χ1n) is 17.3. The maximum atomic E-state index is 15.3. The van der Waals surface area contributed by atoms with Crippen LogP contribution in [0.25, 0.3) is 16.9 Å². The Morgan fingerprint density at radius 3 is 2.73 bits per heavy atom. The summed E-state index contributed by atoms with van der Waals surface area (Å²) in [6.45, 7) is 0.625. The zero-order valence-electron chi connectivity index (χ0n) is 30.5. The molecule has 0 radical (unpaired) electrons. The molecule has 4 aromatic rings. The number of piperidine rings is 1. The first-order chi connectivity index (χ1) is 23.4. The summed E-state index contributed by atoms with van der Waals surface area (Å²) in [6, 6.07) is 4.67. The van der Waals surface area contributed by atoms with Crippen LogP contribution >= 0.6 is 11.8 Å². The Labute approximate surface area is 252 Å². The number of thioether (sulfide) groups is 1. The van der Waals surface area contributed by atoms with E-state index in [1.807, 2.05) is 0 Å². The van der Waals surface area contributed by atoms with E-state index in [0.717, 1.165) is 31.4 Å². The van der Waals surface area contributed by atoms with E-state index in [9.17, 15) is 4.79 Å². The molecule has 1 saturated heterocycles. The van der Waals surface area contributed by atoms with Crippen molar-refractivity contribution in [2.24, 2.45) is 0 Å². The van der Waals surface area contributed by atoms with E-state index in [1.165, 1.54) is 40.0 Å². The molecule has 2 fully saturated rings. The second kappa shape index (κ2) is 12.3. The van der Waals surface area contributed by atoms with Gasteiger partial charge in [0.25, 0.3) is 0 Å². The molecule has 1 aliphatic heterocycles. The van der Waals surface area contributed by atoms with Crippen LogP contribution < -0.4 is 4.74 Å². The number of ether oxygens (including phenoxy) is 1. The molecule has 0 bridgehead atoms. The number of carbonyl (C=O) groups is 1. The van der Waals surface area contributed by atoms with E-state index >= 15 is 8.78 Å². The Morgan fingerprint density at radius 2 is 1.95 bits per heavy atom. The van der Waals surface area contributed by atoms with E-state index in [2.05, 4.69) is 25.5 Å². The molecular formula is C28H30F2N8O2S. The molecular weight excluding hydrogens is 550 g/mol. The maximum absolute atomic E-state index is 15.3. The number of carbonyl (C=O) groups excluding carboxylic acids is 1. The van der Waals surface area contributed by atoms with Crippen LogP contribution in [0.1, 0.15) is 62.9 Å². The summed E-state index contributed by atoms with van der Waals surface area (Å²) in [5, 5.41) is 12.2. The number of hydrogen-bond donors (Lipinski definition) is 0. The van der Waals surface area contributed by atoms with Crippen molar-refractivity contribution in [3.63, 3.8) is 0 Å². The summed E-state index contributed by atoms with van der Waals surface area (Å²) in [5.41, 5.74) is -0.0254. The molecule has 0 unspecified atom stereocenters. The average molecular weight is 590 g/mol. The quantitative estimate of drug-likeness (QED) is 0.274. The number of amides is 1. The van der Waals surface area contributed by atoms with Crippen LogP contribution in [-0.4, -0.2) is 63.9 Å². The predicted molar refractivity (Wildman–Crippen MR) is 147 cm³/mol. The lowest BCUT2D eigenvalue weighted by Gasteiger charge is -2.26. The molecule has 4 heterocycles. The molecule has 10 nitrogen and oxygen atoms in total. The van der Waals surface area contributed by atoms with Crippen molar-refractivity contribution in [3.05, 3.63) is 60.3 Å². The molecule has 1 aromatic carbocycles. The minimum absolute atomic E-state index is 0.0119. The van der Waals surface area contributed by atoms with Gasteiger partial charge in [-0.05, 0) is 50.2 Å². The summed E-state index contributed by atoms with van der Waals surface area (Å²) < 4.78 is 113. The van der Waals surface area contributed by atoms with E-state index in [1.54, 1.807) is 4.90 Å². The predicted octanol–water partition coefficient (Wildman–Crippen LogP) is 4.83. The second-order valence-corrected chi connectivity index (χ2v) is 10.1. The molecule has 41 heavy (non-hydrogen) atoms. The topological polar surface area (TPSA) is 104 Å². The van der Waals surface area contributed by atoms with Crippen molar-refractivity contribution in [2.75, 3.05) is 13.1 Å². The zero-order chi connectivity index (χ0) is 36.3. The molecule has 1 saturated carbocycles. The monoisotopic (exact) mass is 589 g/mol. The van der Waals surface area contributed by atoms with E-state index < -0.39 is 54.7 Å². The number of benzene rings is 1. The van der Waals surface area contributed by atoms with E-state index in [0.29, 0.717) is 13.1 Å². The lowest BCUT2D eigenvalue weighted by atomic mass is 10.1. The van der Waals surface area contributed by atoms with Gasteiger partial charge in [0.15, 0.2) is 22.5 Å². The van der Waals surface area contributed by atoms with Gasteiger partial charge in [-0.2, -0.15) is 0 Å². The number of halogens is 2. The number of pyridine rings is 1. The Balaban J connectivity index is 1.25. The van der Waals surface area contributed by atoms with Crippen molar-refractivity contribution in [3.8, 4) is 22.7 Å². The fraction of sp³-hybridized carbons (Fsp3) is 0.429. The third-order valence-corrected chi connectivity index (χ3v) is 7.27. The minimum Gasteiger partial charge on any atom is -0.482 e. The summed E-state index contributed by atoms with van der Waals surface area (Å²) in [7, 11) is 0. The summed E-state index contributed by atoms with van der Waals surface area (Å²) >= 11 is 0.125. The zero-order valence-corrected chi connectivity index (χ0v) is 22.4. The van der Waals surface area contributed by atoms with Crippen LogP contribution in [0.2, 0.25) is 0 Å². The van der Waals surface area contributed by atoms with Crippen LogP contribution in [0.3, 0.4) is 0 Å². The summed E-state index contributed by atoms with van der Waals surface area (Å²) in [6.07, 6.45) is -6.62. The molecule has 3 aromatic heterocycles. The van der Waals surface area contributed by atoms with Gasteiger partial charge in [-0.15, -0.1) is 15.3 Å². The normalized spacial score (nSPS) is 24.8. The molecule has 0 atom stereocenters. The Hall–Kier alpha value is -3.87. The first kappa shape index (κ1) is 18.5. The second-order valence-electron chi connectivity index (χ2n) is 9.17. The Kier molecular flexibility index (Phi) is 5.58. The molecule has 1 amide bonds. The highest BCUT2D eigenvalue weighted by atomic mass is 32.2. The standard InChI is InChI=1S/C28H30F2N8O2S/c29-22-14-25(23(30)13-21(22)24-16-37(35-32-24)17-27(39)36-11-4-1-5-12-36)40-18-26-33-34-28(41-20-8-2-3-9-20)38(26)19-7-6-10-31-15-19/h6-7,10,13-16,20H,1-5,8-9,11-12,17-18H2/i2D2,3D2,8D2,9D2,20D. The number of nitrogens with zero attached hydrogens (tertiary/aromatic N) is 8. The van der Waals surface area contributed by atoms with Gasteiger partial charge in [0.1, 0.15) is 24.7 Å².